The van der Waals surface area contributed by atoms with Crippen LogP contribution in [0.2, 0.25) is 0 Å². The standard InChI is InChI=1S/C18H23NO/c1-5-12-18(3,4)15-7-9-16(10-8-15)20-17-11-6-14(2)13-19-17/h6-11,13H,5,12H2,1-4H3. The Bertz CT molecular complexity index is 541. The van der Waals surface area contributed by atoms with E-state index in [4.69, 9.17) is 4.74 Å². The van der Waals surface area contributed by atoms with Crippen molar-refractivity contribution in [3.63, 3.8) is 0 Å². The lowest BCUT2D eigenvalue weighted by atomic mass is 9.81. The molecule has 0 atom stereocenters. The maximum atomic E-state index is 5.75. The highest BCUT2D eigenvalue weighted by atomic mass is 16.5. The molecule has 0 saturated heterocycles. The SMILES string of the molecule is CCCC(C)(C)c1ccc(Oc2ccc(C)cn2)cc1. The smallest absolute Gasteiger partial charge is 0.219 e. The summed E-state index contributed by atoms with van der Waals surface area (Å²) in [4.78, 5) is 4.25. The molecule has 106 valence electrons. The van der Waals surface area contributed by atoms with E-state index in [2.05, 4.69) is 37.9 Å². The summed E-state index contributed by atoms with van der Waals surface area (Å²) in [5.41, 5.74) is 2.70. The van der Waals surface area contributed by atoms with Gasteiger partial charge in [0, 0.05) is 12.3 Å². The molecule has 1 aromatic heterocycles. The summed E-state index contributed by atoms with van der Waals surface area (Å²) in [5, 5.41) is 0. The number of pyridine rings is 1. The van der Waals surface area contributed by atoms with E-state index in [1.54, 1.807) is 0 Å². The number of rotatable bonds is 5. The molecular weight excluding hydrogens is 246 g/mol. The van der Waals surface area contributed by atoms with Crippen LogP contribution in [0.25, 0.3) is 0 Å². The number of ether oxygens (including phenoxy) is 1. The van der Waals surface area contributed by atoms with E-state index in [-0.39, 0.29) is 5.41 Å². The van der Waals surface area contributed by atoms with Gasteiger partial charge < -0.3 is 4.74 Å². The van der Waals surface area contributed by atoms with Gasteiger partial charge in [-0.25, -0.2) is 4.98 Å². The summed E-state index contributed by atoms with van der Waals surface area (Å²) in [6.45, 7) is 8.81. The number of hydrogen-bond donors (Lipinski definition) is 0. The zero-order chi connectivity index (χ0) is 14.6. The van der Waals surface area contributed by atoms with Crippen LogP contribution in [0.1, 0.15) is 44.7 Å². The third-order valence-electron chi connectivity index (χ3n) is 3.62. The van der Waals surface area contributed by atoms with Gasteiger partial charge in [-0.1, -0.05) is 45.4 Å². The summed E-state index contributed by atoms with van der Waals surface area (Å²) in [6, 6.07) is 12.2. The van der Waals surface area contributed by atoms with Crippen LogP contribution in [0, 0.1) is 6.92 Å². The Balaban J connectivity index is 2.10. The van der Waals surface area contributed by atoms with Crippen LogP contribution in [0.15, 0.2) is 42.6 Å². The molecule has 0 aliphatic rings. The van der Waals surface area contributed by atoms with Crippen molar-refractivity contribution in [2.45, 2.75) is 46.0 Å². The molecule has 2 nitrogen and oxygen atoms in total. The van der Waals surface area contributed by atoms with Crippen LogP contribution >= 0.6 is 0 Å². The fourth-order valence-electron chi connectivity index (χ4n) is 2.38. The molecule has 2 rings (SSSR count). The highest BCUT2D eigenvalue weighted by molar-refractivity contribution is 5.33. The Morgan fingerprint density at radius 2 is 1.75 bits per heavy atom. The molecule has 0 unspecified atom stereocenters. The molecule has 2 aromatic rings. The van der Waals surface area contributed by atoms with Crippen molar-refractivity contribution in [3.05, 3.63) is 53.7 Å². The first kappa shape index (κ1) is 14.6. The lowest BCUT2D eigenvalue weighted by Gasteiger charge is -2.24. The number of hydrogen-bond acceptors (Lipinski definition) is 2. The zero-order valence-corrected chi connectivity index (χ0v) is 12.8. The van der Waals surface area contributed by atoms with Crippen molar-refractivity contribution < 1.29 is 4.74 Å². The minimum atomic E-state index is 0.218. The quantitative estimate of drug-likeness (QED) is 0.738. The Morgan fingerprint density at radius 3 is 2.30 bits per heavy atom. The molecule has 0 amide bonds. The van der Waals surface area contributed by atoms with Crippen LogP contribution in [-0.4, -0.2) is 4.98 Å². The molecular formula is C18H23NO. The van der Waals surface area contributed by atoms with E-state index in [1.807, 2.05) is 37.4 Å². The maximum absolute atomic E-state index is 5.75. The first-order valence-corrected chi connectivity index (χ1v) is 7.22. The first-order chi connectivity index (χ1) is 9.51. The molecule has 0 aliphatic heterocycles. The van der Waals surface area contributed by atoms with E-state index >= 15 is 0 Å². The lowest BCUT2D eigenvalue weighted by molar-refractivity contribution is 0.456. The van der Waals surface area contributed by atoms with Gasteiger partial charge in [-0.15, -0.1) is 0 Å². The molecule has 20 heavy (non-hydrogen) atoms. The monoisotopic (exact) mass is 269 g/mol. The van der Waals surface area contributed by atoms with E-state index in [0.717, 1.165) is 11.3 Å². The van der Waals surface area contributed by atoms with E-state index < -0.39 is 0 Å². The summed E-state index contributed by atoms with van der Waals surface area (Å²) in [6.07, 6.45) is 4.19. The van der Waals surface area contributed by atoms with Gasteiger partial charge in [0.2, 0.25) is 5.88 Å². The Labute approximate surface area is 121 Å². The summed E-state index contributed by atoms with van der Waals surface area (Å²) >= 11 is 0. The third-order valence-corrected chi connectivity index (χ3v) is 3.62. The van der Waals surface area contributed by atoms with Gasteiger partial charge in [-0.2, -0.15) is 0 Å². The number of nitrogens with zero attached hydrogens (tertiary/aromatic N) is 1. The second-order valence-corrected chi connectivity index (χ2v) is 5.93. The van der Waals surface area contributed by atoms with Gasteiger partial charge in [0.15, 0.2) is 0 Å². The molecule has 0 saturated carbocycles. The van der Waals surface area contributed by atoms with Crippen molar-refractivity contribution in [2.75, 3.05) is 0 Å². The molecule has 0 bridgehead atoms. The van der Waals surface area contributed by atoms with Crippen LogP contribution in [0.4, 0.5) is 0 Å². The van der Waals surface area contributed by atoms with Crippen LogP contribution < -0.4 is 4.74 Å². The van der Waals surface area contributed by atoms with Gasteiger partial charge in [0.25, 0.3) is 0 Å². The molecule has 0 fully saturated rings. The summed E-state index contributed by atoms with van der Waals surface area (Å²) in [7, 11) is 0. The Morgan fingerprint density at radius 1 is 1.05 bits per heavy atom. The van der Waals surface area contributed by atoms with Crippen LogP contribution in [0.3, 0.4) is 0 Å². The van der Waals surface area contributed by atoms with E-state index in [0.29, 0.717) is 5.88 Å². The number of benzene rings is 1. The van der Waals surface area contributed by atoms with Crippen LogP contribution in [0.5, 0.6) is 11.6 Å². The fourth-order valence-corrected chi connectivity index (χ4v) is 2.38. The van der Waals surface area contributed by atoms with Gasteiger partial charge in [0.1, 0.15) is 5.75 Å². The summed E-state index contributed by atoms with van der Waals surface area (Å²) < 4.78 is 5.75. The second kappa shape index (κ2) is 6.08. The maximum Gasteiger partial charge on any atom is 0.219 e. The molecule has 0 radical (unpaired) electrons. The van der Waals surface area contributed by atoms with Gasteiger partial charge in [-0.3, -0.25) is 0 Å². The van der Waals surface area contributed by atoms with Crippen molar-refractivity contribution in [1.82, 2.24) is 4.98 Å². The van der Waals surface area contributed by atoms with Crippen molar-refractivity contribution in [3.8, 4) is 11.6 Å². The molecule has 0 spiro atoms. The first-order valence-electron chi connectivity index (χ1n) is 7.22. The predicted octanol–water partition coefficient (Wildman–Crippen LogP) is 5.26. The second-order valence-electron chi connectivity index (χ2n) is 5.93. The van der Waals surface area contributed by atoms with E-state index in [9.17, 15) is 0 Å². The minimum Gasteiger partial charge on any atom is -0.439 e. The molecule has 1 aromatic carbocycles. The largest absolute Gasteiger partial charge is 0.439 e. The number of aryl methyl sites for hydroxylation is 1. The molecule has 0 N–H and O–H groups in total. The minimum absolute atomic E-state index is 0.218. The van der Waals surface area contributed by atoms with Gasteiger partial charge >= 0.3 is 0 Å². The topological polar surface area (TPSA) is 22.1 Å². The average molecular weight is 269 g/mol. The van der Waals surface area contributed by atoms with E-state index in [1.165, 1.54) is 18.4 Å². The lowest BCUT2D eigenvalue weighted by Crippen LogP contribution is -2.16. The van der Waals surface area contributed by atoms with Crippen molar-refractivity contribution >= 4 is 0 Å². The van der Waals surface area contributed by atoms with Gasteiger partial charge in [0.05, 0.1) is 0 Å². The fraction of sp³-hybridized carbons (Fsp3) is 0.389. The third kappa shape index (κ3) is 3.60. The highest BCUT2D eigenvalue weighted by Crippen LogP contribution is 2.30. The van der Waals surface area contributed by atoms with Gasteiger partial charge in [-0.05, 0) is 42.0 Å². The molecule has 2 heteroatoms. The average Bonchev–Trinajstić information content (AvgIpc) is 2.42. The summed E-state index contributed by atoms with van der Waals surface area (Å²) in [5.74, 6) is 1.47. The van der Waals surface area contributed by atoms with Crippen molar-refractivity contribution in [1.29, 1.82) is 0 Å². The number of aromatic nitrogens is 1. The zero-order valence-electron chi connectivity index (χ0n) is 12.8. The van der Waals surface area contributed by atoms with Crippen LogP contribution in [-0.2, 0) is 5.41 Å². The highest BCUT2D eigenvalue weighted by Gasteiger charge is 2.19. The molecule has 1 heterocycles. The van der Waals surface area contributed by atoms with Crippen molar-refractivity contribution in [2.24, 2.45) is 0 Å². The molecule has 0 aliphatic carbocycles. The predicted molar refractivity (Wildman–Crippen MR) is 83.4 cm³/mol. The Hall–Kier alpha value is -1.83. The Kier molecular flexibility index (Phi) is 4.43. The normalized spacial score (nSPS) is 11.4.